The number of nitrogens with zero attached hydrogens (tertiary/aromatic N) is 2. The molecule has 1 N–H and O–H groups in total. The van der Waals surface area contributed by atoms with Crippen LogP contribution in [0.5, 0.6) is 5.75 Å². The van der Waals surface area contributed by atoms with E-state index in [1.54, 1.807) is 30.3 Å². The van der Waals surface area contributed by atoms with Crippen LogP contribution in [0.2, 0.25) is 0 Å². The number of carbonyl (C=O) groups excluding carboxylic acids is 1. The lowest BCUT2D eigenvalue weighted by Crippen LogP contribution is -2.32. The van der Waals surface area contributed by atoms with E-state index < -0.39 is 0 Å². The molecule has 0 atom stereocenters. The molecule has 4 nitrogen and oxygen atoms in total. The van der Waals surface area contributed by atoms with Gasteiger partial charge in [0.2, 0.25) is 0 Å². The number of aromatic hydroxyl groups is 1. The minimum atomic E-state index is -0.344. The standard InChI is InChI=1S/C22H14BrFN2O2/c23-19-4-2-1-3-18(19)21-25-20(13-14-5-7-15(24)8-6-14)22(28)26(21)16-9-11-17(27)12-10-16/h1-13,27H/b20-13+. The minimum Gasteiger partial charge on any atom is -0.508 e. The molecule has 0 fully saturated rings. The number of phenolic OH excluding ortho intramolecular Hbond substituents is 1. The van der Waals surface area contributed by atoms with Gasteiger partial charge in [0.25, 0.3) is 5.91 Å². The van der Waals surface area contributed by atoms with Crippen molar-refractivity contribution in [3.05, 3.63) is 99.9 Å². The molecular formula is C22H14BrFN2O2. The fourth-order valence-corrected chi connectivity index (χ4v) is 3.36. The Bertz CT molecular complexity index is 1110. The second-order valence-corrected chi connectivity index (χ2v) is 7.01. The number of carbonyl (C=O) groups is 1. The second kappa shape index (κ2) is 7.40. The molecule has 0 aliphatic carbocycles. The summed E-state index contributed by atoms with van der Waals surface area (Å²) in [6, 6.07) is 19.7. The van der Waals surface area contributed by atoms with Gasteiger partial charge in [-0.1, -0.05) is 46.3 Å². The van der Waals surface area contributed by atoms with Crippen LogP contribution in [0.15, 0.2) is 88.0 Å². The topological polar surface area (TPSA) is 52.9 Å². The third-order valence-electron chi connectivity index (χ3n) is 4.26. The van der Waals surface area contributed by atoms with E-state index in [0.29, 0.717) is 17.1 Å². The predicted octanol–water partition coefficient (Wildman–Crippen LogP) is 5.13. The maximum Gasteiger partial charge on any atom is 0.282 e. The summed E-state index contributed by atoms with van der Waals surface area (Å²) < 4.78 is 14.0. The van der Waals surface area contributed by atoms with E-state index in [2.05, 4.69) is 20.9 Å². The van der Waals surface area contributed by atoms with Crippen LogP contribution >= 0.6 is 15.9 Å². The van der Waals surface area contributed by atoms with Gasteiger partial charge in [-0.25, -0.2) is 9.38 Å². The number of phenols is 1. The summed E-state index contributed by atoms with van der Waals surface area (Å²) in [6.07, 6.45) is 1.62. The lowest BCUT2D eigenvalue weighted by atomic mass is 10.1. The van der Waals surface area contributed by atoms with Crippen molar-refractivity contribution in [2.45, 2.75) is 0 Å². The van der Waals surface area contributed by atoms with Crippen molar-refractivity contribution < 1.29 is 14.3 Å². The normalized spacial score (nSPS) is 15.2. The van der Waals surface area contributed by atoms with Crippen LogP contribution in [0.25, 0.3) is 6.08 Å². The lowest BCUT2D eigenvalue weighted by molar-refractivity contribution is -0.113. The highest BCUT2D eigenvalue weighted by atomic mass is 79.9. The first-order valence-electron chi connectivity index (χ1n) is 8.47. The number of anilines is 1. The molecule has 3 aromatic carbocycles. The van der Waals surface area contributed by atoms with E-state index in [-0.39, 0.29) is 23.2 Å². The summed E-state index contributed by atoms with van der Waals surface area (Å²) in [7, 11) is 0. The van der Waals surface area contributed by atoms with Gasteiger partial charge >= 0.3 is 0 Å². The largest absolute Gasteiger partial charge is 0.508 e. The number of amides is 1. The van der Waals surface area contributed by atoms with Gasteiger partial charge in [-0.05, 0) is 54.1 Å². The van der Waals surface area contributed by atoms with Crippen LogP contribution in [0, 0.1) is 5.82 Å². The summed E-state index contributed by atoms with van der Waals surface area (Å²) in [5.74, 6) is -0.0721. The van der Waals surface area contributed by atoms with Crippen molar-refractivity contribution in [3.8, 4) is 5.75 Å². The van der Waals surface area contributed by atoms with E-state index >= 15 is 0 Å². The van der Waals surface area contributed by atoms with Gasteiger partial charge in [-0.3, -0.25) is 9.69 Å². The Labute approximate surface area is 169 Å². The maximum absolute atomic E-state index is 13.2. The van der Waals surface area contributed by atoms with Gasteiger partial charge < -0.3 is 5.11 Å². The minimum absolute atomic E-state index is 0.108. The van der Waals surface area contributed by atoms with E-state index in [9.17, 15) is 14.3 Å². The predicted molar refractivity (Wildman–Crippen MR) is 111 cm³/mol. The SMILES string of the molecule is O=C1/C(=C\c2ccc(F)cc2)N=C(c2ccccc2Br)N1c1ccc(O)cc1. The molecule has 0 spiro atoms. The van der Waals surface area contributed by atoms with Crippen LogP contribution in [-0.4, -0.2) is 16.8 Å². The number of amidine groups is 1. The molecule has 3 aromatic rings. The van der Waals surface area contributed by atoms with Crippen LogP contribution in [-0.2, 0) is 4.79 Å². The van der Waals surface area contributed by atoms with Crippen molar-refractivity contribution >= 4 is 39.4 Å². The molecule has 28 heavy (non-hydrogen) atoms. The van der Waals surface area contributed by atoms with Crippen LogP contribution in [0.3, 0.4) is 0 Å². The van der Waals surface area contributed by atoms with Crippen LogP contribution in [0.4, 0.5) is 10.1 Å². The van der Waals surface area contributed by atoms with Gasteiger partial charge in [0.05, 0.1) is 5.69 Å². The van der Waals surface area contributed by atoms with Gasteiger partial charge in [0, 0.05) is 10.0 Å². The molecule has 6 heteroatoms. The smallest absolute Gasteiger partial charge is 0.282 e. The van der Waals surface area contributed by atoms with Crippen LogP contribution in [0.1, 0.15) is 11.1 Å². The molecule has 0 bridgehead atoms. The number of hydrogen-bond donors (Lipinski definition) is 1. The summed E-state index contributed by atoms with van der Waals surface area (Å²) in [6.45, 7) is 0. The first-order valence-corrected chi connectivity index (χ1v) is 9.26. The number of aliphatic imine (C=N–C) groups is 1. The van der Waals surface area contributed by atoms with Crippen molar-refractivity contribution in [2.75, 3.05) is 4.90 Å². The molecule has 0 saturated heterocycles. The zero-order valence-corrected chi connectivity index (χ0v) is 16.1. The van der Waals surface area contributed by atoms with Crippen molar-refractivity contribution in [3.63, 3.8) is 0 Å². The number of benzene rings is 3. The van der Waals surface area contributed by atoms with Gasteiger partial charge in [-0.15, -0.1) is 0 Å². The molecule has 0 saturated carbocycles. The number of hydrogen-bond acceptors (Lipinski definition) is 3. The molecule has 1 aliphatic heterocycles. The maximum atomic E-state index is 13.2. The van der Waals surface area contributed by atoms with Crippen molar-refractivity contribution in [1.29, 1.82) is 0 Å². The molecule has 4 rings (SSSR count). The van der Waals surface area contributed by atoms with Gasteiger partial charge in [-0.2, -0.15) is 0 Å². The molecule has 138 valence electrons. The number of halogens is 2. The van der Waals surface area contributed by atoms with Crippen molar-refractivity contribution in [2.24, 2.45) is 4.99 Å². The zero-order valence-electron chi connectivity index (χ0n) is 14.5. The summed E-state index contributed by atoms with van der Waals surface area (Å²) in [5.41, 5.74) is 2.25. The Morgan fingerprint density at radius 3 is 2.32 bits per heavy atom. The highest BCUT2D eigenvalue weighted by Crippen LogP contribution is 2.31. The first kappa shape index (κ1) is 18.1. The quantitative estimate of drug-likeness (QED) is 0.578. The molecular weight excluding hydrogens is 423 g/mol. The average molecular weight is 437 g/mol. The molecule has 0 aromatic heterocycles. The Morgan fingerprint density at radius 2 is 1.64 bits per heavy atom. The van der Waals surface area contributed by atoms with E-state index in [0.717, 1.165) is 10.0 Å². The molecule has 1 aliphatic rings. The summed E-state index contributed by atoms with van der Waals surface area (Å²) in [4.78, 5) is 19.2. The Hall–Kier alpha value is -3.25. The highest BCUT2D eigenvalue weighted by molar-refractivity contribution is 9.10. The summed E-state index contributed by atoms with van der Waals surface area (Å²) in [5, 5.41) is 9.58. The fraction of sp³-hybridized carbons (Fsp3) is 0. The second-order valence-electron chi connectivity index (χ2n) is 6.15. The Morgan fingerprint density at radius 1 is 0.964 bits per heavy atom. The van der Waals surface area contributed by atoms with E-state index in [1.165, 1.54) is 29.2 Å². The first-order chi connectivity index (χ1) is 13.5. The lowest BCUT2D eigenvalue weighted by Gasteiger charge is -2.19. The molecule has 1 heterocycles. The monoisotopic (exact) mass is 436 g/mol. The third kappa shape index (κ3) is 3.46. The van der Waals surface area contributed by atoms with Crippen LogP contribution < -0.4 is 4.90 Å². The highest BCUT2D eigenvalue weighted by Gasteiger charge is 2.33. The van der Waals surface area contributed by atoms with Crippen molar-refractivity contribution in [1.82, 2.24) is 0 Å². The third-order valence-corrected chi connectivity index (χ3v) is 4.95. The molecule has 0 unspecified atom stereocenters. The number of rotatable bonds is 3. The summed E-state index contributed by atoms with van der Waals surface area (Å²) >= 11 is 3.51. The van der Waals surface area contributed by atoms with E-state index in [4.69, 9.17) is 0 Å². The van der Waals surface area contributed by atoms with E-state index in [1.807, 2.05) is 24.3 Å². The molecule has 1 amide bonds. The van der Waals surface area contributed by atoms with Gasteiger partial charge in [0.15, 0.2) is 0 Å². The molecule has 0 radical (unpaired) electrons. The average Bonchev–Trinajstić information content (AvgIpc) is 3.01. The van der Waals surface area contributed by atoms with Gasteiger partial charge in [0.1, 0.15) is 23.1 Å². The Balaban J connectivity index is 1.84. The zero-order chi connectivity index (χ0) is 19.7. The Kier molecular flexibility index (Phi) is 4.79. The fourth-order valence-electron chi connectivity index (χ4n) is 2.90.